The third kappa shape index (κ3) is 2.91. The van der Waals surface area contributed by atoms with Gasteiger partial charge in [-0.25, -0.2) is 9.97 Å². The molecule has 0 amide bonds. The van der Waals surface area contributed by atoms with Crippen LogP contribution in [-0.4, -0.2) is 40.8 Å². The first-order valence-electron chi connectivity index (χ1n) is 8.63. The molecule has 24 heavy (non-hydrogen) atoms. The van der Waals surface area contributed by atoms with Crippen molar-refractivity contribution in [3.8, 4) is 11.4 Å². The van der Waals surface area contributed by atoms with Crippen LogP contribution in [0.2, 0.25) is 0 Å². The number of aryl methyl sites for hydroxylation is 1. The number of rotatable bonds is 5. The third-order valence-corrected chi connectivity index (χ3v) is 4.74. The molecule has 3 heterocycles. The van der Waals surface area contributed by atoms with Crippen LogP contribution in [-0.2, 0) is 17.6 Å². The smallest absolute Gasteiger partial charge is 0.161 e. The van der Waals surface area contributed by atoms with Crippen LogP contribution in [0, 0.1) is 0 Å². The van der Waals surface area contributed by atoms with Gasteiger partial charge in [0.1, 0.15) is 5.82 Å². The maximum absolute atomic E-state index is 5.83. The summed E-state index contributed by atoms with van der Waals surface area (Å²) in [6.07, 6.45) is 9.99. The van der Waals surface area contributed by atoms with Gasteiger partial charge in [0, 0.05) is 42.3 Å². The van der Waals surface area contributed by atoms with Crippen molar-refractivity contribution in [3.05, 3.63) is 48.4 Å². The molecule has 0 saturated carbocycles. The van der Waals surface area contributed by atoms with Crippen molar-refractivity contribution in [1.82, 2.24) is 15.0 Å². The van der Waals surface area contributed by atoms with E-state index in [2.05, 4.69) is 16.5 Å². The molecule has 0 bridgehead atoms. The summed E-state index contributed by atoms with van der Waals surface area (Å²) in [5, 5.41) is 0. The van der Waals surface area contributed by atoms with Crippen molar-refractivity contribution in [2.75, 3.05) is 24.6 Å². The van der Waals surface area contributed by atoms with Gasteiger partial charge < -0.3 is 9.64 Å². The lowest BCUT2D eigenvalue weighted by Gasteiger charge is -2.21. The minimum atomic E-state index is 0.263. The Kier molecular flexibility index (Phi) is 4.26. The summed E-state index contributed by atoms with van der Waals surface area (Å²) >= 11 is 0. The highest BCUT2D eigenvalue weighted by Crippen LogP contribution is 2.33. The van der Waals surface area contributed by atoms with Gasteiger partial charge in [-0.1, -0.05) is 6.08 Å². The number of anilines is 1. The van der Waals surface area contributed by atoms with Gasteiger partial charge in [0.2, 0.25) is 0 Å². The zero-order valence-corrected chi connectivity index (χ0v) is 13.8. The van der Waals surface area contributed by atoms with Crippen molar-refractivity contribution in [2.45, 2.75) is 31.8 Å². The van der Waals surface area contributed by atoms with E-state index in [4.69, 9.17) is 14.7 Å². The van der Waals surface area contributed by atoms with Crippen molar-refractivity contribution in [1.29, 1.82) is 0 Å². The molecule has 2 aromatic rings. The SMILES string of the molecule is C=CCOC1CCN(c2nc(-c3ccncc3)nc3c2CCC3)C1. The lowest BCUT2D eigenvalue weighted by atomic mass is 10.2. The van der Waals surface area contributed by atoms with Crippen LogP contribution in [0.15, 0.2) is 37.2 Å². The Bertz CT molecular complexity index is 732. The minimum Gasteiger partial charge on any atom is -0.372 e. The highest BCUT2D eigenvalue weighted by molar-refractivity contribution is 5.61. The summed E-state index contributed by atoms with van der Waals surface area (Å²) in [6, 6.07) is 3.95. The van der Waals surface area contributed by atoms with Gasteiger partial charge in [0.25, 0.3) is 0 Å². The molecule has 1 aliphatic heterocycles. The molecule has 0 radical (unpaired) electrons. The molecular formula is C19H22N4O. The summed E-state index contributed by atoms with van der Waals surface area (Å²) in [5.41, 5.74) is 3.57. The topological polar surface area (TPSA) is 51.1 Å². The Morgan fingerprint density at radius 1 is 1.25 bits per heavy atom. The highest BCUT2D eigenvalue weighted by Gasteiger charge is 2.29. The first kappa shape index (κ1) is 15.3. The molecule has 4 rings (SSSR count). The number of fused-ring (bicyclic) bond motifs is 1. The van der Waals surface area contributed by atoms with E-state index < -0.39 is 0 Å². The molecule has 0 N–H and O–H groups in total. The first-order valence-corrected chi connectivity index (χ1v) is 8.63. The van der Waals surface area contributed by atoms with Gasteiger partial charge in [-0.2, -0.15) is 0 Å². The standard InChI is InChI=1S/C19H22N4O/c1-2-12-24-15-8-11-23(13-15)19-16-4-3-5-17(16)21-18(22-19)14-6-9-20-10-7-14/h2,6-7,9-10,15H,1,3-5,8,11-13H2. The molecule has 1 atom stereocenters. The average Bonchev–Trinajstić information content (AvgIpc) is 3.29. The molecular weight excluding hydrogens is 300 g/mol. The Morgan fingerprint density at radius 2 is 2.12 bits per heavy atom. The second-order valence-corrected chi connectivity index (χ2v) is 6.36. The van der Waals surface area contributed by atoms with E-state index in [1.165, 1.54) is 17.7 Å². The monoisotopic (exact) mass is 322 g/mol. The van der Waals surface area contributed by atoms with Crippen molar-refractivity contribution >= 4 is 5.82 Å². The largest absolute Gasteiger partial charge is 0.372 e. The summed E-state index contributed by atoms with van der Waals surface area (Å²) in [5.74, 6) is 1.91. The molecule has 1 fully saturated rings. The summed E-state index contributed by atoms with van der Waals surface area (Å²) < 4.78 is 5.83. The number of ether oxygens (including phenoxy) is 1. The zero-order valence-electron chi connectivity index (χ0n) is 13.8. The van der Waals surface area contributed by atoms with Gasteiger partial charge in [-0.3, -0.25) is 4.98 Å². The Balaban J connectivity index is 1.65. The van der Waals surface area contributed by atoms with Crippen LogP contribution in [0.4, 0.5) is 5.82 Å². The van der Waals surface area contributed by atoms with E-state index in [-0.39, 0.29) is 6.10 Å². The fourth-order valence-electron chi connectivity index (χ4n) is 3.57. The van der Waals surface area contributed by atoms with E-state index in [1.807, 2.05) is 18.2 Å². The molecule has 124 valence electrons. The number of nitrogens with zero attached hydrogens (tertiary/aromatic N) is 4. The highest BCUT2D eigenvalue weighted by atomic mass is 16.5. The van der Waals surface area contributed by atoms with Gasteiger partial charge in [0.05, 0.1) is 12.7 Å². The summed E-state index contributed by atoms with van der Waals surface area (Å²) in [7, 11) is 0. The van der Waals surface area contributed by atoms with Crippen LogP contribution < -0.4 is 4.90 Å². The normalized spacial score (nSPS) is 19.5. The van der Waals surface area contributed by atoms with Gasteiger partial charge in [-0.05, 0) is 37.8 Å². The molecule has 2 aromatic heterocycles. The van der Waals surface area contributed by atoms with Crippen LogP contribution >= 0.6 is 0 Å². The van der Waals surface area contributed by atoms with E-state index in [0.717, 1.165) is 49.6 Å². The average molecular weight is 322 g/mol. The van der Waals surface area contributed by atoms with Crippen LogP contribution in [0.3, 0.4) is 0 Å². The predicted molar refractivity (Wildman–Crippen MR) is 94.1 cm³/mol. The Morgan fingerprint density at radius 3 is 2.96 bits per heavy atom. The molecule has 5 heteroatoms. The lowest BCUT2D eigenvalue weighted by molar-refractivity contribution is 0.0909. The fraction of sp³-hybridized carbons (Fsp3) is 0.421. The van der Waals surface area contributed by atoms with Crippen LogP contribution in [0.25, 0.3) is 11.4 Å². The minimum absolute atomic E-state index is 0.263. The summed E-state index contributed by atoms with van der Waals surface area (Å²) in [6.45, 7) is 6.22. The van der Waals surface area contributed by atoms with E-state index in [0.29, 0.717) is 6.61 Å². The van der Waals surface area contributed by atoms with Gasteiger partial charge in [0.15, 0.2) is 5.82 Å². The molecule has 1 saturated heterocycles. The quantitative estimate of drug-likeness (QED) is 0.792. The second-order valence-electron chi connectivity index (χ2n) is 6.36. The molecule has 2 aliphatic rings. The zero-order chi connectivity index (χ0) is 16.4. The number of hydrogen-bond acceptors (Lipinski definition) is 5. The fourth-order valence-corrected chi connectivity index (χ4v) is 3.57. The van der Waals surface area contributed by atoms with Crippen molar-refractivity contribution in [2.24, 2.45) is 0 Å². The van der Waals surface area contributed by atoms with Gasteiger partial charge >= 0.3 is 0 Å². The molecule has 1 unspecified atom stereocenters. The van der Waals surface area contributed by atoms with E-state index in [1.54, 1.807) is 12.4 Å². The third-order valence-electron chi connectivity index (χ3n) is 4.74. The molecule has 5 nitrogen and oxygen atoms in total. The maximum atomic E-state index is 5.83. The van der Waals surface area contributed by atoms with Gasteiger partial charge in [-0.15, -0.1) is 6.58 Å². The Hall–Kier alpha value is -2.27. The van der Waals surface area contributed by atoms with Crippen LogP contribution in [0.1, 0.15) is 24.1 Å². The molecule has 0 spiro atoms. The van der Waals surface area contributed by atoms with Crippen LogP contribution in [0.5, 0.6) is 0 Å². The number of pyridine rings is 1. The van der Waals surface area contributed by atoms with E-state index >= 15 is 0 Å². The maximum Gasteiger partial charge on any atom is 0.161 e. The van der Waals surface area contributed by atoms with Crippen molar-refractivity contribution in [3.63, 3.8) is 0 Å². The number of hydrogen-bond donors (Lipinski definition) is 0. The molecule has 0 aromatic carbocycles. The molecule has 1 aliphatic carbocycles. The second kappa shape index (κ2) is 6.69. The van der Waals surface area contributed by atoms with Crippen molar-refractivity contribution < 1.29 is 4.74 Å². The predicted octanol–water partition coefficient (Wildman–Crippen LogP) is 2.81. The number of aromatic nitrogens is 3. The Labute approximate surface area is 142 Å². The lowest BCUT2D eigenvalue weighted by Crippen LogP contribution is -2.25. The van der Waals surface area contributed by atoms with E-state index in [9.17, 15) is 0 Å². The first-order chi connectivity index (χ1) is 11.8. The summed E-state index contributed by atoms with van der Waals surface area (Å²) in [4.78, 5) is 16.2.